The molecule has 0 bridgehead atoms. The molecule has 36 heavy (non-hydrogen) atoms. The van der Waals surface area contributed by atoms with Gasteiger partial charge in [0.2, 0.25) is 5.95 Å². The molecule has 0 saturated heterocycles. The molecular formula is C23H27F4N7O2. The van der Waals surface area contributed by atoms with Gasteiger partial charge in [-0.25, -0.2) is 32.3 Å². The predicted octanol–water partition coefficient (Wildman–Crippen LogP) is 3.99. The molecule has 2 aromatic rings. The van der Waals surface area contributed by atoms with Crippen molar-refractivity contribution in [2.45, 2.75) is 32.4 Å². The van der Waals surface area contributed by atoms with Gasteiger partial charge >= 0.3 is 6.09 Å². The largest absolute Gasteiger partial charge is 0.452 e. The quantitative estimate of drug-likeness (QED) is 0.163. The van der Waals surface area contributed by atoms with Crippen LogP contribution >= 0.6 is 0 Å². The lowest BCUT2D eigenvalue weighted by atomic mass is 10.0. The summed E-state index contributed by atoms with van der Waals surface area (Å²) in [4.78, 5) is 21.6. The van der Waals surface area contributed by atoms with Crippen LogP contribution in [0.15, 0.2) is 42.3 Å². The normalized spacial score (nSPS) is 12.5. The summed E-state index contributed by atoms with van der Waals surface area (Å²) >= 11 is 0. The van der Waals surface area contributed by atoms with Gasteiger partial charge in [0.15, 0.2) is 17.5 Å². The number of halogens is 4. The number of hydrazone groups is 1. The van der Waals surface area contributed by atoms with Gasteiger partial charge in [-0.3, -0.25) is 4.90 Å². The highest BCUT2D eigenvalue weighted by Gasteiger charge is 2.25. The first-order valence-electron chi connectivity index (χ1n) is 10.6. The standard InChI is InChI=1S/C23H27F4N7O2/c1-5-13(2)34(22-30-18(12-28)20(21(29)31-22)33(3)23(35)36-4)32-14(7-6-10-24)11-15-16(25)8-9-17(26)19(15)27/h5-6,8-10,13H,1,7,11-12,28H2,2-4H3,(H2,29,30,31)/b10-6+,32-14+. The van der Waals surface area contributed by atoms with Crippen molar-refractivity contribution >= 4 is 29.3 Å². The van der Waals surface area contributed by atoms with Crippen LogP contribution in [-0.2, 0) is 17.7 Å². The van der Waals surface area contributed by atoms with E-state index in [9.17, 15) is 22.4 Å². The Bertz CT molecular complexity index is 1170. The highest BCUT2D eigenvalue weighted by Crippen LogP contribution is 2.28. The van der Waals surface area contributed by atoms with Crippen LogP contribution in [0.25, 0.3) is 0 Å². The number of anilines is 3. The van der Waals surface area contributed by atoms with E-state index in [-0.39, 0.29) is 48.2 Å². The highest BCUT2D eigenvalue weighted by molar-refractivity contribution is 5.91. The summed E-state index contributed by atoms with van der Waals surface area (Å²) in [7, 11) is 2.58. The lowest BCUT2D eigenvalue weighted by Crippen LogP contribution is -2.33. The number of aromatic nitrogens is 2. The van der Waals surface area contributed by atoms with E-state index in [0.29, 0.717) is 6.07 Å². The number of carbonyl (C=O) groups excluding carboxylic acids is 1. The number of ether oxygens (including phenoxy) is 1. The van der Waals surface area contributed by atoms with Crippen LogP contribution in [0.2, 0.25) is 0 Å². The van der Waals surface area contributed by atoms with Gasteiger partial charge in [0.1, 0.15) is 11.5 Å². The van der Waals surface area contributed by atoms with Gasteiger partial charge in [0.25, 0.3) is 0 Å². The molecule has 9 nitrogen and oxygen atoms in total. The third kappa shape index (κ3) is 6.36. The predicted molar refractivity (Wildman–Crippen MR) is 130 cm³/mol. The summed E-state index contributed by atoms with van der Waals surface area (Å²) in [6.45, 7) is 5.23. The van der Waals surface area contributed by atoms with Gasteiger partial charge in [0.05, 0.1) is 25.2 Å². The lowest BCUT2D eigenvalue weighted by Gasteiger charge is -2.26. The summed E-state index contributed by atoms with van der Waals surface area (Å²) in [5, 5.41) is 5.62. The number of allylic oxidation sites excluding steroid dienone is 1. The Labute approximate surface area is 205 Å². The molecule has 0 aliphatic rings. The van der Waals surface area contributed by atoms with Crippen molar-refractivity contribution in [2.24, 2.45) is 10.8 Å². The summed E-state index contributed by atoms with van der Waals surface area (Å²) < 4.78 is 59.8. The first-order valence-corrected chi connectivity index (χ1v) is 10.6. The van der Waals surface area contributed by atoms with Crippen LogP contribution in [0.5, 0.6) is 0 Å². The molecule has 1 aromatic heterocycles. The van der Waals surface area contributed by atoms with E-state index < -0.39 is 41.6 Å². The number of hydrogen-bond donors (Lipinski definition) is 2. The van der Waals surface area contributed by atoms with Gasteiger partial charge < -0.3 is 16.2 Å². The minimum atomic E-state index is -1.38. The summed E-state index contributed by atoms with van der Waals surface area (Å²) in [5.41, 5.74) is 11.7. The topological polar surface area (TPSA) is 123 Å². The van der Waals surface area contributed by atoms with Gasteiger partial charge in [-0.15, -0.1) is 6.58 Å². The first kappa shape index (κ1) is 28.2. The fraction of sp³-hybridized carbons (Fsp3) is 0.304. The van der Waals surface area contributed by atoms with Crippen LogP contribution in [0, 0.1) is 17.5 Å². The molecule has 13 heteroatoms. The van der Waals surface area contributed by atoms with E-state index in [1.54, 1.807) is 6.92 Å². The number of carbonyl (C=O) groups is 1. The van der Waals surface area contributed by atoms with Crippen LogP contribution in [0.3, 0.4) is 0 Å². The van der Waals surface area contributed by atoms with Crippen molar-refractivity contribution in [2.75, 3.05) is 29.8 Å². The molecule has 1 amide bonds. The van der Waals surface area contributed by atoms with E-state index in [4.69, 9.17) is 16.2 Å². The fourth-order valence-corrected chi connectivity index (χ4v) is 3.18. The highest BCUT2D eigenvalue weighted by atomic mass is 19.2. The molecule has 0 aliphatic carbocycles. The zero-order valence-corrected chi connectivity index (χ0v) is 20.0. The zero-order valence-electron chi connectivity index (χ0n) is 20.0. The molecule has 4 N–H and O–H groups in total. The molecule has 0 radical (unpaired) electrons. The minimum absolute atomic E-state index is 0.0493. The molecule has 0 aliphatic heterocycles. The van der Waals surface area contributed by atoms with Crippen LogP contribution in [-0.4, -0.2) is 42.0 Å². The smallest absolute Gasteiger partial charge is 0.413 e. The fourth-order valence-electron chi connectivity index (χ4n) is 3.18. The van der Waals surface area contributed by atoms with Crippen molar-refractivity contribution in [3.63, 3.8) is 0 Å². The van der Waals surface area contributed by atoms with Crippen molar-refractivity contribution in [3.8, 4) is 0 Å². The molecule has 1 unspecified atom stereocenters. The summed E-state index contributed by atoms with van der Waals surface area (Å²) in [6.07, 6.45) is 1.40. The number of rotatable bonds is 10. The van der Waals surface area contributed by atoms with E-state index in [2.05, 4.69) is 21.6 Å². The molecule has 194 valence electrons. The number of hydrogen-bond acceptors (Lipinski definition) is 8. The summed E-state index contributed by atoms with van der Waals surface area (Å²) in [5.74, 6) is -3.81. The Kier molecular flexibility index (Phi) is 9.91. The second kappa shape index (κ2) is 12.6. The third-order valence-corrected chi connectivity index (χ3v) is 5.09. The maximum absolute atomic E-state index is 14.3. The van der Waals surface area contributed by atoms with E-state index in [0.717, 1.165) is 17.0 Å². The molecule has 1 heterocycles. The van der Waals surface area contributed by atoms with Crippen LogP contribution in [0.4, 0.5) is 39.8 Å². The molecule has 2 rings (SSSR count). The monoisotopic (exact) mass is 509 g/mol. The number of methoxy groups -OCH3 is 1. The van der Waals surface area contributed by atoms with Gasteiger partial charge in [-0.2, -0.15) is 10.1 Å². The average molecular weight is 510 g/mol. The second-order valence-corrected chi connectivity index (χ2v) is 7.49. The Hall–Kier alpha value is -4.00. The number of nitrogens with zero attached hydrogens (tertiary/aromatic N) is 5. The Morgan fingerprint density at radius 3 is 2.53 bits per heavy atom. The maximum atomic E-state index is 14.3. The van der Waals surface area contributed by atoms with Crippen LogP contribution in [0.1, 0.15) is 24.6 Å². The molecule has 0 saturated carbocycles. The van der Waals surface area contributed by atoms with E-state index in [1.807, 2.05) is 0 Å². The molecule has 0 spiro atoms. The number of benzene rings is 1. The second-order valence-electron chi connectivity index (χ2n) is 7.49. The van der Waals surface area contributed by atoms with Crippen LogP contribution < -0.4 is 21.4 Å². The SMILES string of the molecule is C=CC(C)N(/N=C(\C/C=C/F)Cc1c(F)ccc(F)c1F)c1nc(N)c(N(C)C(=O)OC)c(CN)n1. The van der Waals surface area contributed by atoms with Crippen molar-refractivity contribution < 1.29 is 27.1 Å². The third-order valence-electron chi connectivity index (χ3n) is 5.09. The van der Waals surface area contributed by atoms with E-state index >= 15 is 0 Å². The van der Waals surface area contributed by atoms with E-state index in [1.165, 1.54) is 25.2 Å². The zero-order chi connectivity index (χ0) is 27.0. The molecule has 0 fully saturated rings. The van der Waals surface area contributed by atoms with Crippen molar-refractivity contribution in [1.82, 2.24) is 9.97 Å². The van der Waals surface area contributed by atoms with Gasteiger partial charge in [-0.05, 0) is 19.1 Å². The Balaban J connectivity index is 2.65. The maximum Gasteiger partial charge on any atom is 0.413 e. The molecule has 1 aromatic carbocycles. The summed E-state index contributed by atoms with van der Waals surface area (Å²) in [6, 6.07) is 0.857. The number of amides is 1. The first-order chi connectivity index (χ1) is 17.1. The number of nitrogen functional groups attached to an aromatic ring is 1. The Morgan fingerprint density at radius 1 is 1.28 bits per heavy atom. The average Bonchev–Trinajstić information content (AvgIpc) is 2.87. The molecular weight excluding hydrogens is 482 g/mol. The minimum Gasteiger partial charge on any atom is -0.452 e. The molecule has 1 atom stereocenters. The number of nitrogens with two attached hydrogens (primary N) is 2. The van der Waals surface area contributed by atoms with Gasteiger partial charge in [0, 0.05) is 37.7 Å². The lowest BCUT2D eigenvalue weighted by molar-refractivity contribution is 0.180. The van der Waals surface area contributed by atoms with Crippen molar-refractivity contribution in [3.05, 3.63) is 65.9 Å². The van der Waals surface area contributed by atoms with Crippen molar-refractivity contribution in [1.29, 1.82) is 0 Å². The Morgan fingerprint density at radius 2 is 1.94 bits per heavy atom. The van der Waals surface area contributed by atoms with Gasteiger partial charge in [-0.1, -0.05) is 12.2 Å².